The molecule has 9 rings (SSSR count). The number of hydrogen-bond acceptors (Lipinski definition) is 7. The van der Waals surface area contributed by atoms with Crippen LogP contribution in [0.5, 0.6) is 11.5 Å². The Bertz CT molecular complexity index is 2490. The Kier molecular flexibility index (Phi) is 8.71. The van der Waals surface area contributed by atoms with E-state index in [4.69, 9.17) is 27.9 Å². The van der Waals surface area contributed by atoms with Crippen LogP contribution in [0.25, 0.3) is 10.8 Å². The van der Waals surface area contributed by atoms with Gasteiger partial charge in [-0.2, -0.15) is 5.01 Å². The predicted octanol–water partition coefficient (Wildman–Crippen LogP) is 8.65. The predicted molar refractivity (Wildman–Crippen MR) is 218 cm³/mol. The molecule has 4 aliphatic rings. The number of nitrogens with one attached hydrogen (secondary N) is 1. The zero-order valence-corrected chi connectivity index (χ0v) is 32.9. The van der Waals surface area contributed by atoms with Crippen molar-refractivity contribution in [3.63, 3.8) is 0 Å². The lowest BCUT2D eigenvalue weighted by atomic mass is 9.49. The first-order valence-electron chi connectivity index (χ1n) is 17.8. The van der Waals surface area contributed by atoms with Crippen molar-refractivity contribution in [2.24, 2.45) is 23.7 Å². The van der Waals surface area contributed by atoms with Crippen molar-refractivity contribution in [3.8, 4) is 11.5 Å². The van der Waals surface area contributed by atoms with E-state index >= 15 is 9.59 Å². The number of hydrogen-bond donors (Lipinski definition) is 2. The molecule has 9 nitrogen and oxygen atoms in total. The van der Waals surface area contributed by atoms with Gasteiger partial charge < -0.3 is 9.84 Å². The highest BCUT2D eigenvalue weighted by Crippen LogP contribution is 2.65. The van der Waals surface area contributed by atoms with Crippen LogP contribution in [0, 0.1) is 27.2 Å². The van der Waals surface area contributed by atoms with Crippen LogP contribution in [0.3, 0.4) is 0 Å². The van der Waals surface area contributed by atoms with Gasteiger partial charge in [0.15, 0.2) is 0 Å². The average Bonchev–Trinajstić information content (AvgIpc) is 3.57. The van der Waals surface area contributed by atoms with Crippen LogP contribution < -0.4 is 15.1 Å². The highest BCUT2D eigenvalue weighted by atomic mass is 127. The Morgan fingerprint density at radius 3 is 2.27 bits per heavy atom. The van der Waals surface area contributed by atoms with Gasteiger partial charge in [-0.05, 0) is 119 Å². The summed E-state index contributed by atoms with van der Waals surface area (Å²) in [6, 6.07) is 30.0. The fourth-order valence-corrected chi connectivity index (χ4v) is 10.4. The lowest BCUT2D eigenvalue weighted by Crippen LogP contribution is -2.53. The van der Waals surface area contributed by atoms with E-state index in [0.29, 0.717) is 44.0 Å². The maximum atomic E-state index is 15.6. The van der Waals surface area contributed by atoms with Gasteiger partial charge in [-0.15, -0.1) is 0 Å². The number of phenolic OH excluding ortho intramolecular Hbond substituents is 1. The van der Waals surface area contributed by atoms with Gasteiger partial charge in [0, 0.05) is 19.9 Å². The van der Waals surface area contributed by atoms with Gasteiger partial charge in [0.1, 0.15) is 11.5 Å². The van der Waals surface area contributed by atoms with E-state index in [1.807, 2.05) is 60.7 Å². The lowest BCUT2D eigenvalue weighted by Gasteiger charge is -2.51. The van der Waals surface area contributed by atoms with Crippen LogP contribution in [0.15, 0.2) is 115 Å². The van der Waals surface area contributed by atoms with Gasteiger partial charge in [-0.1, -0.05) is 77.3 Å². The number of ether oxygens (including phenoxy) is 1. The van der Waals surface area contributed by atoms with Gasteiger partial charge >= 0.3 is 0 Å². The Morgan fingerprint density at radius 2 is 1.56 bits per heavy atom. The summed E-state index contributed by atoms with van der Waals surface area (Å²) in [6.45, 7) is 0. The normalized spacial score (nSPS) is 25.8. The summed E-state index contributed by atoms with van der Waals surface area (Å²) in [5.74, 6) is -4.70. The first-order valence-corrected chi connectivity index (χ1v) is 19.7. The quantitative estimate of drug-likeness (QED) is 0.0997. The average molecular weight is 885 g/mol. The molecule has 12 heteroatoms. The number of methoxy groups -OCH3 is 1. The number of allylic oxidation sites excluding steroid dienone is 2. The van der Waals surface area contributed by atoms with E-state index in [0.717, 1.165) is 14.2 Å². The van der Waals surface area contributed by atoms with Crippen molar-refractivity contribution < 1.29 is 29.0 Å². The summed E-state index contributed by atoms with van der Waals surface area (Å²) in [4.78, 5) is 60.8. The molecule has 2 saturated heterocycles. The van der Waals surface area contributed by atoms with Crippen molar-refractivity contribution in [1.82, 2.24) is 5.01 Å². The second kappa shape index (κ2) is 13.4. The van der Waals surface area contributed by atoms with Crippen LogP contribution in [0.4, 0.5) is 11.4 Å². The molecule has 5 aromatic carbocycles. The van der Waals surface area contributed by atoms with Gasteiger partial charge in [-0.3, -0.25) is 29.5 Å². The molecule has 55 heavy (non-hydrogen) atoms. The molecule has 276 valence electrons. The van der Waals surface area contributed by atoms with E-state index in [2.05, 4.69) is 28.0 Å². The molecule has 2 aliphatic carbocycles. The number of anilines is 2. The highest BCUT2D eigenvalue weighted by molar-refractivity contribution is 14.1. The number of imide groups is 2. The second-order valence-electron chi connectivity index (χ2n) is 14.4. The highest BCUT2D eigenvalue weighted by Gasteiger charge is 2.70. The van der Waals surface area contributed by atoms with Crippen LogP contribution in [-0.4, -0.2) is 40.9 Å². The summed E-state index contributed by atoms with van der Waals surface area (Å²) in [6.07, 6.45) is 2.43. The maximum absolute atomic E-state index is 15.6. The van der Waals surface area contributed by atoms with Gasteiger partial charge in [0.2, 0.25) is 11.8 Å². The molecule has 0 radical (unpaired) electrons. The number of aromatic hydroxyl groups is 1. The van der Waals surface area contributed by atoms with E-state index in [9.17, 15) is 14.7 Å². The van der Waals surface area contributed by atoms with Crippen molar-refractivity contribution in [3.05, 3.63) is 140 Å². The molecular formula is C43H32Cl2IN3O6. The van der Waals surface area contributed by atoms with Crippen molar-refractivity contribution in [2.75, 3.05) is 17.4 Å². The smallest absolute Gasteiger partial charge is 0.260 e. The number of carbonyl (C=O) groups excluding carboxylic acids is 4. The fourth-order valence-electron chi connectivity index (χ4n) is 9.59. The zero-order chi connectivity index (χ0) is 38.3. The Hall–Kier alpha value is -4.91. The number of phenols is 1. The number of rotatable bonds is 6. The summed E-state index contributed by atoms with van der Waals surface area (Å²) in [7, 11) is 1.56. The standard InChI is InChI=1S/C43H32Cl2IN3O6/c1-55-26-13-6-22(7-14-26)43-33(40(52)49(42(43)54)47-35-18-8-23(44)20-34(35)45)21-32-30(38(43)29-17-19-36(50)28-5-3-2-4-27(28)29)15-16-31-37(32)41(53)48(39(31)51)25-11-9-24(46)10-12-25/h2-15,17-20,31-33,37-38,47,50H,16,21H2,1H3/t31-,32+,33-,37-,38-,43+/m0/s1. The van der Waals surface area contributed by atoms with Gasteiger partial charge in [-0.25, -0.2) is 0 Å². The number of fused-ring (bicyclic) bond motifs is 5. The van der Waals surface area contributed by atoms with Gasteiger partial charge in [0.25, 0.3) is 11.8 Å². The monoisotopic (exact) mass is 883 g/mol. The third-order valence-electron chi connectivity index (χ3n) is 11.9. The third kappa shape index (κ3) is 5.32. The fraction of sp³-hybridized carbons (Fsp3) is 0.209. The molecule has 5 aromatic rings. The molecule has 1 saturated carbocycles. The van der Waals surface area contributed by atoms with E-state index in [1.54, 1.807) is 49.6 Å². The SMILES string of the molecule is COc1ccc([C@@]23C(=O)N(Nc4ccc(Cl)cc4Cl)C(=O)[C@@H]2C[C@@H]2C(=CC[C@@H]4C(=O)N(c5ccc(I)cc5)C(=O)[C@@H]42)[C@@H]3c2ccc(O)c3ccccc23)cc1. The number of halogens is 3. The molecule has 4 amide bonds. The Labute approximate surface area is 340 Å². The first kappa shape index (κ1) is 35.8. The van der Waals surface area contributed by atoms with E-state index in [1.165, 1.54) is 11.0 Å². The number of nitrogens with zero attached hydrogens (tertiary/aromatic N) is 2. The largest absolute Gasteiger partial charge is 0.507 e. The molecule has 3 fully saturated rings. The van der Waals surface area contributed by atoms with Crippen molar-refractivity contribution >= 4 is 91.6 Å². The summed E-state index contributed by atoms with van der Waals surface area (Å²) in [5, 5.41) is 14.0. The minimum Gasteiger partial charge on any atom is -0.507 e. The molecule has 2 heterocycles. The van der Waals surface area contributed by atoms with Crippen molar-refractivity contribution in [2.45, 2.75) is 24.2 Å². The van der Waals surface area contributed by atoms with Crippen LogP contribution >= 0.6 is 45.8 Å². The minimum atomic E-state index is -1.54. The number of benzene rings is 5. The first-order chi connectivity index (χ1) is 26.5. The molecule has 0 bridgehead atoms. The maximum Gasteiger partial charge on any atom is 0.260 e. The molecule has 2 aliphatic heterocycles. The summed E-state index contributed by atoms with van der Waals surface area (Å²) in [5.41, 5.74) is 4.41. The molecular weight excluding hydrogens is 852 g/mol. The topological polar surface area (TPSA) is 116 Å². The second-order valence-corrected chi connectivity index (χ2v) is 16.5. The summed E-state index contributed by atoms with van der Waals surface area (Å²) < 4.78 is 6.48. The van der Waals surface area contributed by atoms with Crippen LogP contribution in [0.2, 0.25) is 10.0 Å². The molecule has 0 spiro atoms. The lowest BCUT2D eigenvalue weighted by molar-refractivity contribution is -0.138. The Balaban J connectivity index is 1.28. The molecule has 2 N–H and O–H groups in total. The zero-order valence-electron chi connectivity index (χ0n) is 29.2. The number of carbonyl (C=O) groups is 4. The van der Waals surface area contributed by atoms with Gasteiger partial charge in [0.05, 0.1) is 46.7 Å². The third-order valence-corrected chi connectivity index (χ3v) is 13.2. The van der Waals surface area contributed by atoms with Crippen LogP contribution in [-0.2, 0) is 24.6 Å². The van der Waals surface area contributed by atoms with Crippen LogP contribution in [0.1, 0.15) is 29.9 Å². The van der Waals surface area contributed by atoms with E-state index in [-0.39, 0.29) is 35.4 Å². The minimum absolute atomic E-state index is 0.0682. The Morgan fingerprint density at radius 1 is 0.836 bits per heavy atom. The molecule has 0 aromatic heterocycles. The number of amides is 4. The van der Waals surface area contributed by atoms with E-state index < -0.39 is 46.8 Å². The van der Waals surface area contributed by atoms with Crippen molar-refractivity contribution in [1.29, 1.82) is 0 Å². The number of hydrazine groups is 1. The summed E-state index contributed by atoms with van der Waals surface area (Å²) >= 11 is 15.0. The molecule has 0 unspecified atom stereocenters. The molecule has 6 atom stereocenters.